The Balaban J connectivity index is 1.86. The predicted octanol–water partition coefficient (Wildman–Crippen LogP) is 5.67. The standard InChI is InChI=1S/C23H21BrClN3O3/c1-14(29)31-21-10-8-18(25)11-16(21)13-26-28-22(15-5-3-2-4-6-15)27-20-9-7-17(24)12-19(20)23(28)30/h7-13,15H,2-6H2,1H3. The molecule has 1 saturated carbocycles. The summed E-state index contributed by atoms with van der Waals surface area (Å²) in [7, 11) is 0. The molecule has 0 unspecified atom stereocenters. The molecule has 1 aliphatic rings. The van der Waals surface area contributed by atoms with E-state index in [4.69, 9.17) is 21.3 Å². The van der Waals surface area contributed by atoms with Crippen LogP contribution >= 0.6 is 27.5 Å². The van der Waals surface area contributed by atoms with E-state index in [2.05, 4.69) is 21.0 Å². The van der Waals surface area contributed by atoms with Gasteiger partial charge >= 0.3 is 5.97 Å². The fourth-order valence-electron chi connectivity index (χ4n) is 3.89. The van der Waals surface area contributed by atoms with E-state index in [0.29, 0.717) is 33.1 Å². The largest absolute Gasteiger partial charge is 0.426 e. The van der Waals surface area contributed by atoms with Gasteiger partial charge < -0.3 is 4.74 Å². The van der Waals surface area contributed by atoms with E-state index in [0.717, 1.165) is 30.2 Å². The highest BCUT2D eigenvalue weighted by atomic mass is 79.9. The minimum Gasteiger partial charge on any atom is -0.426 e. The fourth-order valence-corrected chi connectivity index (χ4v) is 4.43. The van der Waals surface area contributed by atoms with Crippen molar-refractivity contribution in [3.63, 3.8) is 0 Å². The van der Waals surface area contributed by atoms with Gasteiger partial charge in [0.2, 0.25) is 0 Å². The number of esters is 1. The Morgan fingerprint density at radius 3 is 2.74 bits per heavy atom. The lowest BCUT2D eigenvalue weighted by Crippen LogP contribution is -2.25. The Hall–Kier alpha value is -2.51. The summed E-state index contributed by atoms with van der Waals surface area (Å²) < 4.78 is 7.43. The van der Waals surface area contributed by atoms with Crippen LogP contribution in [0.4, 0.5) is 0 Å². The van der Waals surface area contributed by atoms with Crippen molar-refractivity contribution in [2.75, 3.05) is 0 Å². The molecule has 0 radical (unpaired) electrons. The zero-order valence-corrected chi connectivity index (χ0v) is 19.3. The highest BCUT2D eigenvalue weighted by molar-refractivity contribution is 9.10. The Kier molecular flexibility index (Phi) is 6.53. The number of hydrogen-bond donors (Lipinski definition) is 0. The van der Waals surface area contributed by atoms with Crippen molar-refractivity contribution >= 4 is 50.6 Å². The molecule has 0 aliphatic heterocycles. The molecule has 4 rings (SSSR count). The van der Waals surface area contributed by atoms with E-state index in [1.807, 2.05) is 12.1 Å². The second-order valence-corrected chi connectivity index (χ2v) is 8.96. The van der Waals surface area contributed by atoms with E-state index in [9.17, 15) is 9.59 Å². The van der Waals surface area contributed by atoms with E-state index in [-0.39, 0.29) is 11.5 Å². The van der Waals surface area contributed by atoms with Crippen molar-refractivity contribution in [2.45, 2.75) is 44.9 Å². The number of carbonyl (C=O) groups excluding carboxylic acids is 1. The maximum absolute atomic E-state index is 13.4. The molecule has 31 heavy (non-hydrogen) atoms. The summed E-state index contributed by atoms with van der Waals surface area (Å²) in [5, 5.41) is 5.45. The zero-order chi connectivity index (χ0) is 22.0. The molecule has 0 bridgehead atoms. The van der Waals surface area contributed by atoms with Crippen LogP contribution in [0.25, 0.3) is 10.9 Å². The van der Waals surface area contributed by atoms with Gasteiger partial charge in [0.05, 0.1) is 17.1 Å². The van der Waals surface area contributed by atoms with Crippen molar-refractivity contribution in [2.24, 2.45) is 5.10 Å². The van der Waals surface area contributed by atoms with E-state index >= 15 is 0 Å². The minimum atomic E-state index is -0.450. The maximum atomic E-state index is 13.4. The van der Waals surface area contributed by atoms with Crippen LogP contribution in [0.5, 0.6) is 5.75 Å². The molecule has 1 fully saturated rings. The molecular weight excluding hydrogens is 482 g/mol. The van der Waals surface area contributed by atoms with Crippen LogP contribution in [-0.2, 0) is 4.79 Å². The number of halogens is 2. The van der Waals surface area contributed by atoms with E-state index < -0.39 is 5.97 Å². The molecule has 1 heterocycles. The molecule has 160 valence electrons. The summed E-state index contributed by atoms with van der Waals surface area (Å²) in [5.74, 6) is 0.699. The summed E-state index contributed by atoms with van der Waals surface area (Å²) in [5.41, 5.74) is 0.918. The van der Waals surface area contributed by atoms with Crippen molar-refractivity contribution in [1.29, 1.82) is 0 Å². The summed E-state index contributed by atoms with van der Waals surface area (Å²) in [4.78, 5) is 29.6. The SMILES string of the molecule is CC(=O)Oc1ccc(Cl)cc1C=Nn1c(C2CCCCC2)nc2ccc(Br)cc2c1=O. The van der Waals surface area contributed by atoms with Gasteiger partial charge in [0.15, 0.2) is 0 Å². The van der Waals surface area contributed by atoms with Gasteiger partial charge in [-0.3, -0.25) is 9.59 Å². The van der Waals surface area contributed by atoms with Gasteiger partial charge in [-0.05, 0) is 49.2 Å². The van der Waals surface area contributed by atoms with Crippen LogP contribution < -0.4 is 10.3 Å². The maximum Gasteiger partial charge on any atom is 0.308 e. The fraction of sp³-hybridized carbons (Fsp3) is 0.304. The minimum absolute atomic E-state index is 0.166. The Bertz CT molecular complexity index is 1230. The van der Waals surface area contributed by atoms with Gasteiger partial charge in [-0.1, -0.05) is 46.8 Å². The summed E-state index contributed by atoms with van der Waals surface area (Å²) in [6.45, 7) is 1.33. The van der Waals surface area contributed by atoms with E-state index in [1.165, 1.54) is 24.2 Å². The second-order valence-electron chi connectivity index (χ2n) is 7.60. The summed E-state index contributed by atoms with van der Waals surface area (Å²) >= 11 is 9.55. The molecule has 6 nitrogen and oxygen atoms in total. The van der Waals surface area contributed by atoms with Crippen molar-refractivity contribution in [3.05, 3.63) is 67.6 Å². The molecule has 0 N–H and O–H groups in total. The van der Waals surface area contributed by atoms with Gasteiger partial charge in [0.1, 0.15) is 11.6 Å². The molecule has 0 spiro atoms. The van der Waals surface area contributed by atoms with Crippen LogP contribution in [0.2, 0.25) is 5.02 Å². The zero-order valence-electron chi connectivity index (χ0n) is 17.0. The number of hydrogen-bond acceptors (Lipinski definition) is 5. The number of fused-ring (bicyclic) bond motifs is 1. The number of rotatable bonds is 4. The third-order valence-corrected chi connectivity index (χ3v) is 6.07. The first-order valence-electron chi connectivity index (χ1n) is 10.2. The molecule has 0 saturated heterocycles. The summed E-state index contributed by atoms with van der Waals surface area (Å²) in [6.07, 6.45) is 6.84. The molecule has 0 atom stereocenters. The van der Waals surface area contributed by atoms with Crippen LogP contribution in [0.1, 0.15) is 56.3 Å². The summed E-state index contributed by atoms with van der Waals surface area (Å²) in [6, 6.07) is 10.4. The third-order valence-electron chi connectivity index (χ3n) is 5.34. The van der Waals surface area contributed by atoms with Gasteiger partial charge in [-0.15, -0.1) is 0 Å². The average molecular weight is 503 g/mol. The number of aromatic nitrogens is 2. The van der Waals surface area contributed by atoms with Gasteiger partial charge in [0, 0.05) is 27.9 Å². The van der Waals surface area contributed by atoms with Crippen LogP contribution in [-0.4, -0.2) is 21.8 Å². The molecular formula is C23H21BrClN3O3. The normalized spacial score (nSPS) is 14.9. The number of carbonyl (C=O) groups is 1. The van der Waals surface area contributed by atoms with Crippen LogP contribution in [0.15, 0.2) is 50.8 Å². The van der Waals surface area contributed by atoms with Gasteiger partial charge in [-0.25, -0.2) is 4.98 Å². The molecule has 3 aromatic rings. The topological polar surface area (TPSA) is 73.5 Å². The highest BCUT2D eigenvalue weighted by Crippen LogP contribution is 2.32. The van der Waals surface area contributed by atoms with Crippen molar-refractivity contribution in [1.82, 2.24) is 9.66 Å². The first-order chi connectivity index (χ1) is 14.9. The molecule has 0 amide bonds. The quantitative estimate of drug-likeness (QED) is 0.262. The Morgan fingerprint density at radius 1 is 1.23 bits per heavy atom. The number of nitrogens with zero attached hydrogens (tertiary/aromatic N) is 3. The molecule has 1 aliphatic carbocycles. The van der Waals surface area contributed by atoms with Gasteiger partial charge in [-0.2, -0.15) is 9.78 Å². The van der Waals surface area contributed by atoms with Crippen LogP contribution in [0.3, 0.4) is 0 Å². The lowest BCUT2D eigenvalue weighted by molar-refractivity contribution is -0.131. The van der Waals surface area contributed by atoms with Crippen molar-refractivity contribution < 1.29 is 9.53 Å². The van der Waals surface area contributed by atoms with Crippen LogP contribution in [0, 0.1) is 0 Å². The average Bonchev–Trinajstić information content (AvgIpc) is 2.75. The number of benzene rings is 2. The Labute approximate surface area is 193 Å². The molecule has 1 aromatic heterocycles. The molecule has 2 aromatic carbocycles. The lowest BCUT2D eigenvalue weighted by atomic mass is 9.88. The van der Waals surface area contributed by atoms with Gasteiger partial charge in [0.25, 0.3) is 5.56 Å². The lowest BCUT2D eigenvalue weighted by Gasteiger charge is -2.22. The Morgan fingerprint density at radius 2 is 2.00 bits per heavy atom. The highest BCUT2D eigenvalue weighted by Gasteiger charge is 2.22. The number of ether oxygens (including phenoxy) is 1. The monoisotopic (exact) mass is 501 g/mol. The third kappa shape index (κ3) is 4.88. The van der Waals surface area contributed by atoms with Crippen molar-refractivity contribution in [3.8, 4) is 5.75 Å². The predicted molar refractivity (Wildman–Crippen MR) is 125 cm³/mol. The first-order valence-corrected chi connectivity index (χ1v) is 11.3. The van der Waals surface area contributed by atoms with E-state index in [1.54, 1.807) is 24.3 Å². The second kappa shape index (κ2) is 9.32. The molecule has 8 heteroatoms. The first kappa shape index (κ1) is 21.7. The smallest absolute Gasteiger partial charge is 0.308 e.